The molecule has 7 nitrogen and oxygen atoms in total. The van der Waals surface area contributed by atoms with Crippen LogP contribution in [-0.4, -0.2) is 24.8 Å². The normalized spacial score (nSPS) is 11.3. The Morgan fingerprint density at radius 1 is 1.35 bits per heavy atom. The molecule has 4 rings (SSSR count). The monoisotopic (exact) mass is 344 g/mol. The molecule has 0 fully saturated rings. The molecular weight excluding hydrogens is 332 g/mol. The smallest absolute Gasteiger partial charge is 0.218 e. The summed E-state index contributed by atoms with van der Waals surface area (Å²) < 4.78 is 6.72. The third-order valence-electron chi connectivity index (χ3n) is 3.29. The summed E-state index contributed by atoms with van der Waals surface area (Å²) >= 11 is 3.04. The third kappa shape index (κ3) is 2.47. The summed E-state index contributed by atoms with van der Waals surface area (Å²) in [5.41, 5.74) is 0. The topological polar surface area (TPSA) is 95.7 Å². The van der Waals surface area contributed by atoms with Crippen LogP contribution in [0.3, 0.4) is 0 Å². The van der Waals surface area contributed by atoms with Crippen molar-refractivity contribution in [1.82, 2.24) is 24.8 Å². The summed E-state index contributed by atoms with van der Waals surface area (Å²) in [6, 6.07) is 5.69. The van der Waals surface area contributed by atoms with Crippen molar-refractivity contribution in [2.45, 2.75) is 23.5 Å². The van der Waals surface area contributed by atoms with Gasteiger partial charge in [-0.15, -0.1) is 21.5 Å². The zero-order valence-electron chi connectivity index (χ0n) is 12.1. The van der Waals surface area contributed by atoms with E-state index in [1.54, 1.807) is 36.1 Å². The zero-order chi connectivity index (χ0) is 15.8. The highest BCUT2D eigenvalue weighted by Gasteiger charge is 2.17. The van der Waals surface area contributed by atoms with Gasteiger partial charge in [-0.3, -0.25) is 0 Å². The quantitative estimate of drug-likeness (QED) is 0.449. The summed E-state index contributed by atoms with van der Waals surface area (Å²) in [6.07, 6.45) is 4.11. The molecule has 4 heterocycles. The summed E-state index contributed by atoms with van der Waals surface area (Å²) in [4.78, 5) is 10.9. The average molecular weight is 344 g/mol. The van der Waals surface area contributed by atoms with E-state index in [-0.39, 0.29) is 0 Å². The average Bonchev–Trinajstić information content (AvgIpc) is 3.28. The van der Waals surface area contributed by atoms with Crippen LogP contribution in [0.25, 0.3) is 21.8 Å². The molecule has 116 valence electrons. The van der Waals surface area contributed by atoms with Crippen LogP contribution in [0.4, 0.5) is 0 Å². The summed E-state index contributed by atoms with van der Waals surface area (Å²) in [5.74, 6) is 7.13. The van der Waals surface area contributed by atoms with Gasteiger partial charge >= 0.3 is 0 Å². The van der Waals surface area contributed by atoms with Gasteiger partial charge in [0.15, 0.2) is 5.76 Å². The van der Waals surface area contributed by atoms with Gasteiger partial charge in [-0.2, -0.15) is 0 Å². The van der Waals surface area contributed by atoms with Crippen LogP contribution in [0.15, 0.2) is 45.4 Å². The molecule has 0 aliphatic heterocycles. The molecule has 0 bridgehead atoms. The Hall–Kier alpha value is -2.39. The van der Waals surface area contributed by atoms with E-state index in [1.807, 2.05) is 0 Å². The predicted octanol–water partition coefficient (Wildman–Crippen LogP) is 2.97. The molecule has 4 aromatic heterocycles. The molecule has 0 amide bonds. The number of aryl methyl sites for hydroxylation is 1. The molecule has 0 unspecified atom stereocenters. The highest BCUT2D eigenvalue weighted by molar-refractivity contribution is 7.99. The molecule has 0 spiro atoms. The Labute approximate surface area is 139 Å². The summed E-state index contributed by atoms with van der Waals surface area (Å²) in [5, 5.41) is 10.6. The van der Waals surface area contributed by atoms with Crippen LogP contribution in [0.5, 0.6) is 0 Å². The second kappa shape index (κ2) is 5.67. The van der Waals surface area contributed by atoms with Crippen molar-refractivity contribution in [1.29, 1.82) is 0 Å². The van der Waals surface area contributed by atoms with Gasteiger partial charge < -0.3 is 10.3 Å². The summed E-state index contributed by atoms with van der Waals surface area (Å²) in [6.45, 7) is 2.12. The van der Waals surface area contributed by atoms with Crippen molar-refractivity contribution in [2.75, 3.05) is 5.84 Å². The van der Waals surface area contributed by atoms with E-state index in [0.29, 0.717) is 16.7 Å². The number of rotatable bonds is 4. The van der Waals surface area contributed by atoms with Crippen LogP contribution >= 0.6 is 23.1 Å². The predicted molar refractivity (Wildman–Crippen MR) is 88.8 cm³/mol. The number of furan rings is 1. The number of nitrogens with zero attached hydrogens (tertiary/aromatic N) is 5. The van der Waals surface area contributed by atoms with E-state index in [2.05, 4.69) is 33.2 Å². The Morgan fingerprint density at radius 3 is 3.04 bits per heavy atom. The highest BCUT2D eigenvalue weighted by atomic mass is 32.2. The lowest BCUT2D eigenvalue weighted by Crippen LogP contribution is -2.11. The van der Waals surface area contributed by atoms with Gasteiger partial charge in [-0.05, 0) is 36.4 Å². The van der Waals surface area contributed by atoms with Crippen LogP contribution < -0.4 is 5.84 Å². The van der Waals surface area contributed by atoms with Gasteiger partial charge in [0.1, 0.15) is 16.2 Å². The molecule has 9 heteroatoms. The minimum Gasteiger partial charge on any atom is -0.461 e. The van der Waals surface area contributed by atoms with E-state index in [9.17, 15) is 0 Å². The van der Waals surface area contributed by atoms with Gasteiger partial charge in [0, 0.05) is 10.3 Å². The number of thiophene rings is 1. The van der Waals surface area contributed by atoms with Crippen LogP contribution in [0.2, 0.25) is 0 Å². The number of aromatic nitrogens is 5. The number of nitrogens with two attached hydrogens (primary N) is 1. The van der Waals surface area contributed by atoms with Crippen molar-refractivity contribution < 1.29 is 4.42 Å². The van der Waals surface area contributed by atoms with Crippen LogP contribution in [-0.2, 0) is 6.42 Å². The maximum absolute atomic E-state index is 6.09. The van der Waals surface area contributed by atoms with Gasteiger partial charge in [0.25, 0.3) is 0 Å². The number of nitrogen functional groups attached to an aromatic ring is 1. The molecule has 0 saturated heterocycles. The second-order valence-corrected chi connectivity index (χ2v) is 6.79. The number of hydrogen-bond acceptors (Lipinski definition) is 8. The molecule has 0 saturated carbocycles. The largest absolute Gasteiger partial charge is 0.461 e. The maximum atomic E-state index is 6.09. The molecule has 4 aromatic rings. The first-order valence-corrected chi connectivity index (χ1v) is 8.55. The fraction of sp³-hybridized carbons (Fsp3) is 0.143. The van der Waals surface area contributed by atoms with E-state index in [1.165, 1.54) is 21.3 Å². The molecule has 0 atom stereocenters. The molecule has 0 aliphatic carbocycles. The SMILES string of the molecule is CCc1cc2c(Sc3nnc(-c4ccco4)n3N)ncnc2s1. The maximum Gasteiger partial charge on any atom is 0.218 e. The fourth-order valence-electron chi connectivity index (χ4n) is 2.15. The van der Waals surface area contributed by atoms with Gasteiger partial charge in [-0.1, -0.05) is 6.92 Å². The Bertz CT molecular complexity index is 959. The lowest BCUT2D eigenvalue weighted by atomic mass is 10.3. The lowest BCUT2D eigenvalue weighted by molar-refractivity contribution is 0.574. The van der Waals surface area contributed by atoms with Crippen LogP contribution in [0.1, 0.15) is 11.8 Å². The van der Waals surface area contributed by atoms with E-state index < -0.39 is 0 Å². The summed E-state index contributed by atoms with van der Waals surface area (Å²) in [7, 11) is 0. The van der Waals surface area contributed by atoms with E-state index in [4.69, 9.17) is 10.3 Å². The standard InChI is InChI=1S/C14H12N6OS2/c1-2-8-6-9-12(22-8)16-7-17-13(9)23-14-19-18-11(20(14)15)10-4-3-5-21-10/h3-7H,2,15H2,1H3. The minimum absolute atomic E-state index is 0.474. The third-order valence-corrected chi connectivity index (χ3v) is 5.45. The van der Waals surface area contributed by atoms with Crippen molar-refractivity contribution >= 4 is 33.3 Å². The number of hydrogen-bond donors (Lipinski definition) is 1. The Balaban J connectivity index is 1.73. The van der Waals surface area contributed by atoms with E-state index >= 15 is 0 Å². The van der Waals surface area contributed by atoms with E-state index in [0.717, 1.165) is 21.7 Å². The Kier molecular flexibility index (Phi) is 3.50. The van der Waals surface area contributed by atoms with Crippen LogP contribution in [0, 0.1) is 0 Å². The first-order valence-electron chi connectivity index (χ1n) is 6.92. The highest BCUT2D eigenvalue weighted by Crippen LogP contribution is 2.34. The van der Waals surface area contributed by atoms with Crippen molar-refractivity contribution in [2.24, 2.45) is 0 Å². The first-order chi connectivity index (χ1) is 11.3. The van der Waals surface area contributed by atoms with Crippen molar-refractivity contribution in [3.8, 4) is 11.6 Å². The lowest BCUT2D eigenvalue weighted by Gasteiger charge is -2.02. The van der Waals surface area contributed by atoms with Gasteiger partial charge in [-0.25, -0.2) is 14.6 Å². The van der Waals surface area contributed by atoms with Gasteiger partial charge in [0.2, 0.25) is 11.0 Å². The fourth-order valence-corrected chi connectivity index (χ4v) is 3.95. The molecular formula is C14H12N6OS2. The van der Waals surface area contributed by atoms with Crippen molar-refractivity contribution in [3.63, 3.8) is 0 Å². The second-order valence-electron chi connectivity index (χ2n) is 4.72. The molecule has 0 aromatic carbocycles. The number of fused-ring (bicyclic) bond motifs is 1. The molecule has 2 N–H and O–H groups in total. The molecule has 0 aliphatic rings. The minimum atomic E-state index is 0.474. The molecule has 23 heavy (non-hydrogen) atoms. The zero-order valence-corrected chi connectivity index (χ0v) is 13.8. The Morgan fingerprint density at radius 2 is 2.26 bits per heavy atom. The van der Waals surface area contributed by atoms with Crippen molar-refractivity contribution in [3.05, 3.63) is 35.7 Å². The molecule has 0 radical (unpaired) electrons. The first kappa shape index (κ1) is 14.2. The van der Waals surface area contributed by atoms with Gasteiger partial charge in [0.05, 0.1) is 6.26 Å².